The third-order valence-corrected chi connectivity index (χ3v) is 4.40. The molecule has 0 spiro atoms. The lowest BCUT2D eigenvalue weighted by Gasteiger charge is -2.26. The van der Waals surface area contributed by atoms with Crippen molar-refractivity contribution >= 4 is 0 Å². The van der Waals surface area contributed by atoms with Gasteiger partial charge >= 0.3 is 0 Å². The highest BCUT2D eigenvalue weighted by Gasteiger charge is 2.31. The van der Waals surface area contributed by atoms with Crippen LogP contribution in [0.2, 0.25) is 0 Å². The normalized spacial score (nSPS) is 18.6. The van der Waals surface area contributed by atoms with Crippen molar-refractivity contribution in [3.05, 3.63) is 41.7 Å². The quantitative estimate of drug-likeness (QED) is 0.756. The first-order valence-corrected chi connectivity index (χ1v) is 7.04. The SMILES string of the molecule is Cn1cc(-c2ccc3c(c2)CC(C(C)(C)C)C3)cn1. The lowest BCUT2D eigenvalue weighted by atomic mass is 9.79. The number of hydrogen-bond donors (Lipinski definition) is 0. The van der Waals surface area contributed by atoms with Crippen LogP contribution < -0.4 is 0 Å². The molecule has 100 valence electrons. The third-order valence-electron chi connectivity index (χ3n) is 4.40. The van der Waals surface area contributed by atoms with Gasteiger partial charge in [-0.3, -0.25) is 4.68 Å². The van der Waals surface area contributed by atoms with Gasteiger partial charge in [-0.15, -0.1) is 0 Å². The predicted octanol–water partition coefficient (Wildman–Crippen LogP) is 3.85. The molecule has 1 aliphatic carbocycles. The Labute approximate surface area is 115 Å². The second kappa shape index (κ2) is 4.22. The molecule has 0 N–H and O–H groups in total. The summed E-state index contributed by atoms with van der Waals surface area (Å²) in [7, 11) is 1.96. The van der Waals surface area contributed by atoms with E-state index in [-0.39, 0.29) is 0 Å². The zero-order chi connectivity index (χ0) is 13.6. The van der Waals surface area contributed by atoms with Crippen molar-refractivity contribution in [2.75, 3.05) is 0 Å². The minimum absolute atomic E-state index is 0.396. The van der Waals surface area contributed by atoms with E-state index in [9.17, 15) is 0 Å². The molecule has 1 heterocycles. The van der Waals surface area contributed by atoms with Crippen molar-refractivity contribution in [1.82, 2.24) is 9.78 Å². The van der Waals surface area contributed by atoms with Gasteiger partial charge in [0.05, 0.1) is 6.20 Å². The van der Waals surface area contributed by atoms with Crippen molar-refractivity contribution < 1.29 is 0 Å². The van der Waals surface area contributed by atoms with Crippen molar-refractivity contribution in [3.63, 3.8) is 0 Å². The van der Waals surface area contributed by atoms with Gasteiger partial charge in [0, 0.05) is 18.8 Å². The number of hydrogen-bond acceptors (Lipinski definition) is 1. The summed E-state index contributed by atoms with van der Waals surface area (Å²) in [6.45, 7) is 7.06. The largest absolute Gasteiger partial charge is 0.275 e. The second-order valence-corrected chi connectivity index (χ2v) is 6.86. The Morgan fingerprint density at radius 3 is 2.47 bits per heavy atom. The maximum absolute atomic E-state index is 4.26. The summed E-state index contributed by atoms with van der Waals surface area (Å²) in [5.41, 5.74) is 5.97. The molecule has 1 unspecified atom stereocenters. The van der Waals surface area contributed by atoms with Gasteiger partial charge in [0.1, 0.15) is 0 Å². The van der Waals surface area contributed by atoms with Gasteiger partial charge in [0.2, 0.25) is 0 Å². The van der Waals surface area contributed by atoms with Gasteiger partial charge in [-0.25, -0.2) is 0 Å². The summed E-state index contributed by atoms with van der Waals surface area (Å²) in [6.07, 6.45) is 6.47. The van der Waals surface area contributed by atoms with E-state index in [4.69, 9.17) is 0 Å². The third kappa shape index (κ3) is 2.32. The molecule has 2 nitrogen and oxygen atoms in total. The Kier molecular flexibility index (Phi) is 2.77. The molecule has 19 heavy (non-hydrogen) atoms. The van der Waals surface area contributed by atoms with E-state index >= 15 is 0 Å². The zero-order valence-electron chi connectivity index (χ0n) is 12.3. The molecule has 1 aliphatic rings. The summed E-state index contributed by atoms with van der Waals surface area (Å²) in [5, 5.41) is 4.26. The molecular weight excluding hydrogens is 232 g/mol. The van der Waals surface area contributed by atoms with Gasteiger partial charge in [-0.2, -0.15) is 5.10 Å². The van der Waals surface area contributed by atoms with Crippen LogP contribution >= 0.6 is 0 Å². The van der Waals surface area contributed by atoms with Crippen molar-refractivity contribution in [2.45, 2.75) is 33.6 Å². The highest BCUT2D eigenvalue weighted by molar-refractivity contribution is 5.64. The van der Waals surface area contributed by atoms with Crippen LogP contribution in [0, 0.1) is 11.3 Å². The van der Waals surface area contributed by atoms with Gasteiger partial charge in [0.25, 0.3) is 0 Å². The second-order valence-electron chi connectivity index (χ2n) is 6.86. The van der Waals surface area contributed by atoms with Crippen LogP contribution in [-0.4, -0.2) is 9.78 Å². The lowest BCUT2D eigenvalue weighted by molar-refractivity contribution is 0.251. The number of nitrogens with zero attached hydrogens (tertiary/aromatic N) is 2. The molecule has 1 aromatic carbocycles. The average molecular weight is 254 g/mol. The molecule has 0 aliphatic heterocycles. The fraction of sp³-hybridized carbons (Fsp3) is 0.471. The lowest BCUT2D eigenvalue weighted by Crippen LogP contribution is -2.20. The molecule has 0 amide bonds. The van der Waals surface area contributed by atoms with Crippen LogP contribution in [0.4, 0.5) is 0 Å². The molecular formula is C17H22N2. The fourth-order valence-electron chi connectivity index (χ4n) is 2.98. The minimum atomic E-state index is 0.396. The first-order valence-electron chi connectivity index (χ1n) is 7.04. The Hall–Kier alpha value is -1.57. The molecule has 2 heteroatoms. The maximum atomic E-state index is 4.26. The topological polar surface area (TPSA) is 17.8 Å². The van der Waals surface area contributed by atoms with Gasteiger partial charge in [-0.05, 0) is 40.9 Å². The highest BCUT2D eigenvalue weighted by Crippen LogP contribution is 2.39. The van der Waals surface area contributed by atoms with Crippen molar-refractivity contribution in [3.8, 4) is 11.1 Å². The van der Waals surface area contributed by atoms with Gasteiger partial charge < -0.3 is 0 Å². The summed E-state index contributed by atoms with van der Waals surface area (Å²) >= 11 is 0. The highest BCUT2D eigenvalue weighted by atomic mass is 15.2. The molecule has 0 saturated carbocycles. The number of rotatable bonds is 1. The molecule has 1 aromatic heterocycles. The van der Waals surface area contributed by atoms with Crippen LogP contribution in [0.15, 0.2) is 30.6 Å². The minimum Gasteiger partial charge on any atom is -0.275 e. The van der Waals surface area contributed by atoms with E-state index in [0.717, 1.165) is 5.92 Å². The average Bonchev–Trinajstić information content (AvgIpc) is 2.92. The molecule has 0 radical (unpaired) electrons. The van der Waals surface area contributed by atoms with Crippen LogP contribution in [-0.2, 0) is 19.9 Å². The summed E-state index contributed by atoms with van der Waals surface area (Å²) in [5.74, 6) is 0.770. The molecule has 0 saturated heterocycles. The van der Waals surface area contributed by atoms with Gasteiger partial charge in [0.15, 0.2) is 0 Å². The summed E-state index contributed by atoms with van der Waals surface area (Å²) in [4.78, 5) is 0. The molecule has 1 atom stereocenters. The zero-order valence-corrected chi connectivity index (χ0v) is 12.3. The smallest absolute Gasteiger partial charge is 0.0568 e. The first kappa shape index (κ1) is 12.5. The van der Waals surface area contributed by atoms with E-state index in [1.165, 1.54) is 35.1 Å². The van der Waals surface area contributed by atoms with Crippen molar-refractivity contribution in [2.24, 2.45) is 18.4 Å². The van der Waals surface area contributed by atoms with E-state index in [0.29, 0.717) is 5.41 Å². The standard InChI is InChI=1S/C17H22N2/c1-17(2,3)16-8-13-6-5-12(7-14(13)9-16)15-10-18-19(4)11-15/h5-7,10-11,16H,8-9H2,1-4H3. The molecule has 0 fully saturated rings. The van der Waals surface area contributed by atoms with E-state index in [1.807, 2.05) is 17.9 Å². The Morgan fingerprint density at radius 1 is 1.11 bits per heavy atom. The molecule has 2 aromatic rings. The van der Waals surface area contributed by atoms with E-state index in [1.54, 1.807) is 0 Å². The first-order chi connectivity index (χ1) is 8.93. The Bertz CT molecular complexity index is 602. The predicted molar refractivity (Wildman–Crippen MR) is 79.0 cm³/mol. The van der Waals surface area contributed by atoms with Crippen molar-refractivity contribution in [1.29, 1.82) is 0 Å². The summed E-state index contributed by atoms with van der Waals surface area (Å²) in [6, 6.07) is 6.91. The Morgan fingerprint density at radius 2 is 1.84 bits per heavy atom. The number of aryl methyl sites for hydroxylation is 1. The van der Waals surface area contributed by atoms with E-state index in [2.05, 4.69) is 50.3 Å². The molecule has 0 bridgehead atoms. The fourth-order valence-corrected chi connectivity index (χ4v) is 2.98. The Balaban J connectivity index is 1.92. The van der Waals surface area contributed by atoms with Crippen LogP contribution in [0.3, 0.4) is 0 Å². The van der Waals surface area contributed by atoms with E-state index < -0.39 is 0 Å². The monoisotopic (exact) mass is 254 g/mol. The summed E-state index contributed by atoms with van der Waals surface area (Å²) < 4.78 is 1.86. The maximum Gasteiger partial charge on any atom is 0.0568 e. The van der Waals surface area contributed by atoms with Gasteiger partial charge in [-0.1, -0.05) is 39.0 Å². The number of fused-ring (bicyclic) bond motifs is 1. The molecule has 3 rings (SSSR count). The van der Waals surface area contributed by atoms with Crippen LogP contribution in [0.5, 0.6) is 0 Å². The van der Waals surface area contributed by atoms with Crippen LogP contribution in [0.25, 0.3) is 11.1 Å². The number of aromatic nitrogens is 2. The number of benzene rings is 1. The van der Waals surface area contributed by atoms with Crippen LogP contribution in [0.1, 0.15) is 31.9 Å².